The Kier molecular flexibility index (Phi) is 4.81. The lowest BCUT2D eigenvalue weighted by Crippen LogP contribution is -2.53. The summed E-state index contributed by atoms with van der Waals surface area (Å²) in [6, 6.07) is 5.63. The number of aliphatic carboxylic acids is 1. The predicted molar refractivity (Wildman–Crippen MR) is 70.9 cm³/mol. The summed E-state index contributed by atoms with van der Waals surface area (Å²) in [6.45, 7) is 0.365. The molecule has 0 spiro atoms. The molecule has 1 aromatic carbocycles. The molecule has 1 heterocycles. The van der Waals surface area contributed by atoms with Crippen LogP contribution in [0.2, 0.25) is 5.02 Å². The van der Waals surface area contributed by atoms with E-state index in [1.165, 1.54) is 4.90 Å². The zero-order valence-corrected chi connectivity index (χ0v) is 11.4. The molecule has 108 valence electrons. The van der Waals surface area contributed by atoms with Gasteiger partial charge >= 0.3 is 5.97 Å². The van der Waals surface area contributed by atoms with Crippen molar-refractivity contribution in [1.82, 2.24) is 4.90 Å². The van der Waals surface area contributed by atoms with E-state index in [4.69, 9.17) is 26.2 Å². The van der Waals surface area contributed by atoms with Gasteiger partial charge in [0.05, 0.1) is 13.2 Å². The number of rotatable bonds is 4. The summed E-state index contributed by atoms with van der Waals surface area (Å²) in [5, 5.41) is 9.62. The van der Waals surface area contributed by atoms with Gasteiger partial charge in [-0.05, 0) is 24.3 Å². The molecule has 0 aliphatic carbocycles. The number of ether oxygens (including phenoxy) is 2. The van der Waals surface area contributed by atoms with Crippen molar-refractivity contribution in [3.63, 3.8) is 0 Å². The molecule has 6 nitrogen and oxygen atoms in total. The Balaban J connectivity index is 1.93. The Hall–Kier alpha value is -1.79. The van der Waals surface area contributed by atoms with Gasteiger partial charge in [0.1, 0.15) is 5.75 Å². The summed E-state index contributed by atoms with van der Waals surface area (Å²) < 4.78 is 10.4. The number of morpholine rings is 1. The van der Waals surface area contributed by atoms with Crippen LogP contribution in [0.15, 0.2) is 24.3 Å². The second-order valence-electron chi connectivity index (χ2n) is 4.26. The van der Waals surface area contributed by atoms with Crippen molar-refractivity contribution in [3.05, 3.63) is 29.3 Å². The third-order valence-electron chi connectivity index (χ3n) is 2.91. The number of hydrogen-bond acceptors (Lipinski definition) is 4. The number of amides is 1. The van der Waals surface area contributed by atoms with Crippen LogP contribution in [0.5, 0.6) is 5.75 Å². The maximum Gasteiger partial charge on any atom is 0.328 e. The van der Waals surface area contributed by atoms with Gasteiger partial charge in [0.15, 0.2) is 12.6 Å². The third-order valence-corrected chi connectivity index (χ3v) is 3.16. The van der Waals surface area contributed by atoms with Gasteiger partial charge < -0.3 is 19.5 Å². The molecule has 20 heavy (non-hydrogen) atoms. The molecule has 1 aliphatic rings. The first kappa shape index (κ1) is 14.6. The predicted octanol–water partition coefficient (Wildman–Crippen LogP) is 1.03. The van der Waals surface area contributed by atoms with E-state index in [0.717, 1.165) is 0 Å². The normalized spacial score (nSPS) is 18.6. The molecule has 0 bridgehead atoms. The van der Waals surface area contributed by atoms with Gasteiger partial charge in [0.25, 0.3) is 5.91 Å². The van der Waals surface area contributed by atoms with Crippen LogP contribution in [0, 0.1) is 0 Å². The number of halogens is 1. The number of nitrogens with zero attached hydrogens (tertiary/aromatic N) is 1. The van der Waals surface area contributed by atoms with E-state index in [0.29, 0.717) is 17.4 Å². The van der Waals surface area contributed by atoms with Crippen molar-refractivity contribution >= 4 is 23.5 Å². The van der Waals surface area contributed by atoms with Crippen LogP contribution in [0.4, 0.5) is 0 Å². The number of carboxylic acids is 1. The SMILES string of the molecule is O=C(O)C1COCCN1C(=O)COc1ccc(Cl)cc1. The molecule has 1 unspecified atom stereocenters. The first-order chi connectivity index (χ1) is 9.58. The van der Waals surface area contributed by atoms with Gasteiger partial charge in [-0.15, -0.1) is 0 Å². The molecule has 2 rings (SSSR count). The highest BCUT2D eigenvalue weighted by molar-refractivity contribution is 6.30. The zero-order chi connectivity index (χ0) is 14.5. The van der Waals surface area contributed by atoms with Crippen LogP contribution < -0.4 is 4.74 Å². The molecule has 1 fully saturated rings. The molecule has 0 saturated carbocycles. The molecule has 1 aliphatic heterocycles. The topological polar surface area (TPSA) is 76.1 Å². The molecule has 1 aromatic rings. The Labute approximate surface area is 120 Å². The lowest BCUT2D eigenvalue weighted by atomic mass is 10.2. The monoisotopic (exact) mass is 299 g/mol. The third kappa shape index (κ3) is 3.61. The molecular formula is C13H14ClNO5. The standard InChI is InChI=1S/C13H14ClNO5/c14-9-1-3-10(4-2-9)20-8-12(16)15-5-6-19-7-11(15)13(17)18/h1-4,11H,5-8H2,(H,17,18). The van der Waals surface area contributed by atoms with Crippen LogP contribution in [0.1, 0.15) is 0 Å². The second-order valence-corrected chi connectivity index (χ2v) is 4.70. The first-order valence-electron chi connectivity index (χ1n) is 6.06. The highest BCUT2D eigenvalue weighted by Gasteiger charge is 2.32. The van der Waals surface area contributed by atoms with Crippen LogP contribution in [0.25, 0.3) is 0 Å². The number of carboxylic acid groups (broad SMARTS) is 1. The van der Waals surface area contributed by atoms with Crippen LogP contribution in [-0.4, -0.2) is 54.3 Å². The minimum atomic E-state index is -1.08. The maximum atomic E-state index is 12.0. The lowest BCUT2D eigenvalue weighted by molar-refractivity contribution is -0.159. The van der Waals surface area contributed by atoms with Crippen molar-refractivity contribution in [2.75, 3.05) is 26.4 Å². The Morgan fingerprint density at radius 3 is 2.75 bits per heavy atom. The summed E-state index contributed by atoms with van der Waals surface area (Å²) in [5.74, 6) is -0.955. The average molecular weight is 300 g/mol. The van der Waals surface area contributed by atoms with Crippen molar-refractivity contribution in [2.45, 2.75) is 6.04 Å². The van der Waals surface area contributed by atoms with Gasteiger partial charge in [-0.2, -0.15) is 0 Å². The van der Waals surface area contributed by atoms with E-state index in [-0.39, 0.29) is 25.7 Å². The molecule has 1 N–H and O–H groups in total. The van der Waals surface area contributed by atoms with Crippen molar-refractivity contribution in [1.29, 1.82) is 0 Å². The fourth-order valence-corrected chi connectivity index (χ4v) is 1.99. The minimum Gasteiger partial charge on any atom is -0.484 e. The fourth-order valence-electron chi connectivity index (χ4n) is 1.87. The Morgan fingerprint density at radius 1 is 1.40 bits per heavy atom. The van der Waals surface area contributed by atoms with E-state index >= 15 is 0 Å². The van der Waals surface area contributed by atoms with Gasteiger partial charge in [0.2, 0.25) is 0 Å². The summed E-state index contributed by atoms with van der Waals surface area (Å²) in [4.78, 5) is 24.3. The fraction of sp³-hybridized carbons (Fsp3) is 0.385. The van der Waals surface area contributed by atoms with Crippen molar-refractivity contribution in [3.8, 4) is 5.75 Å². The smallest absolute Gasteiger partial charge is 0.328 e. The minimum absolute atomic E-state index is 0.00200. The molecular weight excluding hydrogens is 286 g/mol. The Bertz CT molecular complexity index is 490. The van der Waals surface area contributed by atoms with E-state index in [2.05, 4.69) is 0 Å². The summed E-state index contributed by atoms with van der Waals surface area (Å²) in [6.07, 6.45) is 0. The van der Waals surface area contributed by atoms with E-state index in [1.807, 2.05) is 0 Å². The van der Waals surface area contributed by atoms with E-state index in [1.54, 1.807) is 24.3 Å². The zero-order valence-electron chi connectivity index (χ0n) is 10.6. The summed E-state index contributed by atoms with van der Waals surface area (Å²) >= 11 is 5.74. The van der Waals surface area contributed by atoms with Crippen LogP contribution in [0.3, 0.4) is 0 Å². The number of benzene rings is 1. The van der Waals surface area contributed by atoms with Gasteiger partial charge in [-0.3, -0.25) is 4.79 Å². The van der Waals surface area contributed by atoms with E-state index in [9.17, 15) is 9.59 Å². The average Bonchev–Trinajstić information content (AvgIpc) is 2.46. The summed E-state index contributed by atoms with van der Waals surface area (Å²) in [7, 11) is 0. The number of carbonyl (C=O) groups excluding carboxylic acids is 1. The maximum absolute atomic E-state index is 12.0. The molecule has 1 amide bonds. The molecule has 0 radical (unpaired) electrons. The Morgan fingerprint density at radius 2 is 2.10 bits per heavy atom. The molecule has 1 atom stereocenters. The largest absolute Gasteiger partial charge is 0.484 e. The highest BCUT2D eigenvalue weighted by Crippen LogP contribution is 2.16. The van der Waals surface area contributed by atoms with Crippen LogP contribution in [-0.2, 0) is 14.3 Å². The number of carbonyl (C=O) groups is 2. The summed E-state index contributed by atoms with van der Waals surface area (Å²) in [5.41, 5.74) is 0. The van der Waals surface area contributed by atoms with Crippen molar-refractivity contribution in [2.24, 2.45) is 0 Å². The van der Waals surface area contributed by atoms with Gasteiger partial charge in [-0.25, -0.2) is 4.79 Å². The van der Waals surface area contributed by atoms with Crippen molar-refractivity contribution < 1.29 is 24.2 Å². The van der Waals surface area contributed by atoms with Gasteiger partial charge in [0, 0.05) is 11.6 Å². The molecule has 7 heteroatoms. The van der Waals surface area contributed by atoms with Gasteiger partial charge in [-0.1, -0.05) is 11.6 Å². The quantitative estimate of drug-likeness (QED) is 0.898. The van der Waals surface area contributed by atoms with E-state index < -0.39 is 12.0 Å². The molecule has 0 aromatic heterocycles. The van der Waals surface area contributed by atoms with Crippen LogP contribution >= 0.6 is 11.6 Å². The second kappa shape index (κ2) is 6.58. The number of hydrogen-bond donors (Lipinski definition) is 1. The highest BCUT2D eigenvalue weighted by atomic mass is 35.5. The lowest BCUT2D eigenvalue weighted by Gasteiger charge is -2.32. The first-order valence-corrected chi connectivity index (χ1v) is 6.44. The molecule has 1 saturated heterocycles.